The van der Waals surface area contributed by atoms with E-state index in [1.807, 2.05) is 0 Å². The molecule has 0 bridgehead atoms. The second-order valence-electron chi connectivity index (χ2n) is 7.05. The molecule has 0 atom stereocenters. The maximum Gasteiger partial charge on any atom is 0.278 e. The molecule has 0 saturated carbocycles. The zero-order chi connectivity index (χ0) is 21.3. The summed E-state index contributed by atoms with van der Waals surface area (Å²) >= 11 is 12.1. The number of likely N-dealkylation sites (tertiary alicyclic amines) is 1. The van der Waals surface area contributed by atoms with Gasteiger partial charge in [-0.1, -0.05) is 29.3 Å². The summed E-state index contributed by atoms with van der Waals surface area (Å²) in [6, 6.07) is 11.9. The normalized spacial score (nSPS) is 13.5. The molecule has 0 spiro atoms. The van der Waals surface area contributed by atoms with Crippen molar-refractivity contribution in [3.05, 3.63) is 69.5 Å². The minimum atomic E-state index is -0.460. The van der Waals surface area contributed by atoms with Crippen molar-refractivity contribution in [2.45, 2.75) is 19.8 Å². The fourth-order valence-electron chi connectivity index (χ4n) is 3.38. The number of nitrogens with zero attached hydrogens (tertiary/aromatic N) is 4. The van der Waals surface area contributed by atoms with Crippen LogP contribution in [0.15, 0.2) is 42.5 Å². The fraction of sp³-hybridized carbons (Fsp3) is 0.238. The fourth-order valence-corrected chi connectivity index (χ4v) is 3.74. The van der Waals surface area contributed by atoms with Gasteiger partial charge in [-0.2, -0.15) is 9.90 Å². The first-order valence-corrected chi connectivity index (χ1v) is 10.3. The topological polar surface area (TPSA) is 80.1 Å². The van der Waals surface area contributed by atoms with Crippen molar-refractivity contribution < 1.29 is 9.59 Å². The Kier molecular flexibility index (Phi) is 5.74. The molecule has 0 unspecified atom stereocenters. The third kappa shape index (κ3) is 4.17. The van der Waals surface area contributed by atoms with Crippen molar-refractivity contribution in [3.63, 3.8) is 0 Å². The lowest BCUT2D eigenvalue weighted by Crippen LogP contribution is -2.29. The standard InChI is InChI=1S/C21H19Cl2N5O2/c1-13-19(26-28(25-13)16-6-4-5-14(22)11-16)20(29)24-18-8-7-15(23)12-17(18)21(30)27-9-2-3-10-27/h4-8,11-12H,2-3,9-10H2,1H3,(H,24,29). The lowest BCUT2D eigenvalue weighted by molar-refractivity contribution is 0.0794. The zero-order valence-corrected chi connectivity index (χ0v) is 17.7. The van der Waals surface area contributed by atoms with Gasteiger partial charge in [0.05, 0.1) is 22.6 Å². The lowest BCUT2D eigenvalue weighted by Gasteiger charge is -2.18. The summed E-state index contributed by atoms with van der Waals surface area (Å²) in [6.07, 6.45) is 1.94. The summed E-state index contributed by atoms with van der Waals surface area (Å²) in [5.74, 6) is -0.608. The van der Waals surface area contributed by atoms with E-state index in [1.54, 1.807) is 54.3 Å². The number of carbonyl (C=O) groups is 2. The number of anilines is 1. The van der Waals surface area contributed by atoms with Crippen LogP contribution in [0.5, 0.6) is 0 Å². The summed E-state index contributed by atoms with van der Waals surface area (Å²) in [5, 5.41) is 12.4. The molecular weight excluding hydrogens is 425 g/mol. The second kappa shape index (κ2) is 8.45. The van der Waals surface area contributed by atoms with Crippen molar-refractivity contribution in [3.8, 4) is 5.69 Å². The molecule has 7 nitrogen and oxygen atoms in total. The number of rotatable bonds is 4. The van der Waals surface area contributed by atoms with Gasteiger partial charge in [-0.25, -0.2) is 0 Å². The first-order chi connectivity index (χ1) is 14.4. The Morgan fingerprint density at radius 3 is 2.47 bits per heavy atom. The van der Waals surface area contributed by atoms with Crippen LogP contribution >= 0.6 is 23.2 Å². The predicted octanol–water partition coefficient (Wildman–Crippen LogP) is 4.37. The summed E-state index contributed by atoms with van der Waals surface area (Å²) in [5.41, 5.74) is 2.00. The summed E-state index contributed by atoms with van der Waals surface area (Å²) in [6.45, 7) is 3.10. The minimum Gasteiger partial charge on any atom is -0.339 e. The third-order valence-electron chi connectivity index (χ3n) is 4.89. The van der Waals surface area contributed by atoms with Crippen LogP contribution in [0, 0.1) is 6.92 Å². The molecule has 1 saturated heterocycles. The van der Waals surface area contributed by atoms with E-state index in [9.17, 15) is 9.59 Å². The number of hydrogen-bond donors (Lipinski definition) is 1. The molecule has 2 amide bonds. The number of hydrogen-bond acceptors (Lipinski definition) is 4. The van der Waals surface area contributed by atoms with Gasteiger partial charge < -0.3 is 10.2 Å². The maximum absolute atomic E-state index is 12.9. The van der Waals surface area contributed by atoms with Crippen LogP contribution in [-0.2, 0) is 0 Å². The third-order valence-corrected chi connectivity index (χ3v) is 5.36. The molecule has 0 radical (unpaired) electrons. The smallest absolute Gasteiger partial charge is 0.278 e. The molecule has 1 aliphatic heterocycles. The first kappa shape index (κ1) is 20.4. The van der Waals surface area contributed by atoms with Gasteiger partial charge in [-0.3, -0.25) is 9.59 Å². The van der Waals surface area contributed by atoms with Gasteiger partial charge in [0.15, 0.2) is 5.69 Å². The van der Waals surface area contributed by atoms with Gasteiger partial charge in [0.2, 0.25) is 0 Å². The van der Waals surface area contributed by atoms with Crippen molar-refractivity contribution in [2.75, 3.05) is 18.4 Å². The molecule has 2 heterocycles. The largest absolute Gasteiger partial charge is 0.339 e. The highest BCUT2D eigenvalue weighted by atomic mass is 35.5. The molecule has 1 aliphatic rings. The molecule has 4 rings (SSSR count). The molecule has 1 fully saturated rings. The maximum atomic E-state index is 12.9. The predicted molar refractivity (Wildman–Crippen MR) is 116 cm³/mol. The molecular formula is C21H19Cl2N5O2. The van der Waals surface area contributed by atoms with Crippen molar-refractivity contribution in [2.24, 2.45) is 0 Å². The Bertz CT molecular complexity index is 1120. The molecule has 0 aliphatic carbocycles. The molecule has 1 N–H and O–H groups in total. The number of halogens is 2. The van der Waals surface area contributed by atoms with E-state index in [1.165, 1.54) is 4.80 Å². The van der Waals surface area contributed by atoms with Crippen LogP contribution in [0.1, 0.15) is 39.4 Å². The van der Waals surface area contributed by atoms with Crippen LogP contribution in [0.25, 0.3) is 5.69 Å². The minimum absolute atomic E-state index is 0.149. The summed E-state index contributed by atoms with van der Waals surface area (Å²) in [4.78, 5) is 28.9. The molecule has 9 heteroatoms. The Morgan fingerprint density at radius 1 is 1.00 bits per heavy atom. The Hall–Kier alpha value is -2.90. The number of aryl methyl sites for hydroxylation is 1. The number of nitrogens with one attached hydrogen (secondary N) is 1. The molecule has 30 heavy (non-hydrogen) atoms. The number of amides is 2. The number of aromatic nitrogens is 3. The Morgan fingerprint density at radius 2 is 1.73 bits per heavy atom. The number of benzene rings is 2. The van der Waals surface area contributed by atoms with Crippen molar-refractivity contribution in [1.29, 1.82) is 0 Å². The van der Waals surface area contributed by atoms with Crippen LogP contribution in [0.2, 0.25) is 10.0 Å². The van der Waals surface area contributed by atoms with Crippen LogP contribution < -0.4 is 5.32 Å². The number of carbonyl (C=O) groups excluding carboxylic acids is 2. The van der Waals surface area contributed by atoms with Gasteiger partial charge in [0.25, 0.3) is 11.8 Å². The summed E-state index contributed by atoms with van der Waals surface area (Å²) < 4.78 is 0. The van der Waals surface area contributed by atoms with Crippen LogP contribution in [0.3, 0.4) is 0 Å². The highest BCUT2D eigenvalue weighted by Crippen LogP contribution is 2.25. The van der Waals surface area contributed by atoms with Gasteiger partial charge >= 0.3 is 0 Å². The lowest BCUT2D eigenvalue weighted by atomic mass is 10.1. The van der Waals surface area contributed by atoms with Crippen LogP contribution in [0.4, 0.5) is 5.69 Å². The quantitative estimate of drug-likeness (QED) is 0.648. The average molecular weight is 444 g/mol. The Balaban J connectivity index is 1.61. The molecule has 154 valence electrons. The first-order valence-electron chi connectivity index (χ1n) is 9.52. The summed E-state index contributed by atoms with van der Waals surface area (Å²) in [7, 11) is 0. The SMILES string of the molecule is Cc1nn(-c2cccc(Cl)c2)nc1C(=O)Nc1ccc(Cl)cc1C(=O)N1CCCC1. The van der Waals surface area contributed by atoms with Crippen LogP contribution in [-0.4, -0.2) is 44.8 Å². The Labute approximate surface area is 183 Å². The van der Waals surface area contributed by atoms with Crippen molar-refractivity contribution in [1.82, 2.24) is 19.9 Å². The van der Waals surface area contributed by atoms with Gasteiger partial charge in [-0.15, -0.1) is 5.10 Å². The van der Waals surface area contributed by atoms with Gasteiger partial charge in [-0.05, 0) is 56.2 Å². The highest BCUT2D eigenvalue weighted by Gasteiger charge is 2.24. The van der Waals surface area contributed by atoms with E-state index in [0.29, 0.717) is 45.8 Å². The molecule has 1 aromatic heterocycles. The van der Waals surface area contributed by atoms with Gasteiger partial charge in [0, 0.05) is 23.1 Å². The van der Waals surface area contributed by atoms with Crippen molar-refractivity contribution >= 4 is 40.7 Å². The van der Waals surface area contributed by atoms with E-state index in [-0.39, 0.29) is 11.6 Å². The van der Waals surface area contributed by atoms with E-state index < -0.39 is 5.91 Å². The van der Waals surface area contributed by atoms with E-state index in [0.717, 1.165) is 12.8 Å². The van der Waals surface area contributed by atoms with E-state index in [4.69, 9.17) is 23.2 Å². The van der Waals surface area contributed by atoms with Gasteiger partial charge in [0.1, 0.15) is 0 Å². The van der Waals surface area contributed by atoms with E-state index in [2.05, 4.69) is 15.5 Å². The highest BCUT2D eigenvalue weighted by molar-refractivity contribution is 6.31. The molecule has 2 aromatic carbocycles. The molecule has 3 aromatic rings. The zero-order valence-electron chi connectivity index (χ0n) is 16.2. The monoisotopic (exact) mass is 443 g/mol. The second-order valence-corrected chi connectivity index (χ2v) is 7.92. The van der Waals surface area contributed by atoms with E-state index >= 15 is 0 Å². The average Bonchev–Trinajstić information content (AvgIpc) is 3.39.